The molecule has 0 bridgehead atoms. The van der Waals surface area contributed by atoms with Crippen LogP contribution in [0.2, 0.25) is 0 Å². The zero-order valence-corrected chi connectivity index (χ0v) is 21.6. The predicted molar refractivity (Wildman–Crippen MR) is 142 cm³/mol. The van der Waals surface area contributed by atoms with Crippen LogP contribution in [-0.2, 0) is 0 Å². The SMILES string of the molecule is Cc1ccc(OCCN(C)c2ccc(-c3cnc(C)c(C)c3N3CCC(C)CC3)nc2)c(C)c1. The predicted octanol–water partition coefficient (Wildman–Crippen LogP) is 6.13. The largest absolute Gasteiger partial charge is 0.491 e. The van der Waals surface area contributed by atoms with Gasteiger partial charge in [0, 0.05) is 37.6 Å². The normalized spacial score (nSPS) is 14.4. The Morgan fingerprint density at radius 1 is 1.00 bits per heavy atom. The van der Waals surface area contributed by atoms with Crippen LogP contribution in [0.3, 0.4) is 0 Å². The maximum absolute atomic E-state index is 6.02. The van der Waals surface area contributed by atoms with Crippen molar-refractivity contribution in [3.05, 3.63) is 65.1 Å². The molecule has 0 aliphatic carbocycles. The Morgan fingerprint density at radius 2 is 1.76 bits per heavy atom. The number of hydrogen-bond donors (Lipinski definition) is 0. The summed E-state index contributed by atoms with van der Waals surface area (Å²) in [6.07, 6.45) is 6.44. The van der Waals surface area contributed by atoms with Gasteiger partial charge in [-0.25, -0.2) is 0 Å². The Labute approximate surface area is 204 Å². The average molecular weight is 459 g/mol. The number of piperidine rings is 1. The van der Waals surface area contributed by atoms with E-state index >= 15 is 0 Å². The molecule has 1 fully saturated rings. The van der Waals surface area contributed by atoms with Gasteiger partial charge in [-0.3, -0.25) is 9.97 Å². The zero-order chi connectivity index (χ0) is 24.2. The number of rotatable bonds is 7. The lowest BCUT2D eigenvalue weighted by Gasteiger charge is -2.34. The fourth-order valence-electron chi connectivity index (χ4n) is 4.67. The molecular weight excluding hydrogens is 420 g/mol. The smallest absolute Gasteiger partial charge is 0.122 e. The Hall–Kier alpha value is -3.08. The van der Waals surface area contributed by atoms with Crippen LogP contribution in [0, 0.1) is 33.6 Å². The summed E-state index contributed by atoms with van der Waals surface area (Å²) < 4.78 is 6.02. The number of hydrogen-bond acceptors (Lipinski definition) is 5. The molecule has 3 aromatic rings. The minimum atomic E-state index is 0.626. The van der Waals surface area contributed by atoms with Crippen molar-refractivity contribution >= 4 is 11.4 Å². The van der Waals surface area contributed by atoms with E-state index < -0.39 is 0 Å². The highest BCUT2D eigenvalue weighted by Gasteiger charge is 2.22. The van der Waals surface area contributed by atoms with Gasteiger partial charge in [0.15, 0.2) is 0 Å². The van der Waals surface area contributed by atoms with Crippen molar-refractivity contribution in [2.24, 2.45) is 5.92 Å². The number of anilines is 2. The second-order valence-corrected chi connectivity index (χ2v) is 9.84. The molecule has 5 heteroatoms. The number of ether oxygens (including phenoxy) is 1. The first-order chi connectivity index (χ1) is 16.3. The van der Waals surface area contributed by atoms with Gasteiger partial charge in [-0.15, -0.1) is 0 Å². The molecule has 180 valence electrons. The third-order valence-electron chi connectivity index (χ3n) is 7.12. The second kappa shape index (κ2) is 10.5. The highest BCUT2D eigenvalue weighted by atomic mass is 16.5. The number of nitrogens with zero attached hydrogens (tertiary/aromatic N) is 4. The van der Waals surface area contributed by atoms with Gasteiger partial charge in [0.05, 0.1) is 29.8 Å². The standard InChI is InChI=1S/C29H38N4O/c1-20-11-13-33(14-12-20)29-23(4)24(5)30-19-26(29)27-9-8-25(18-31-27)32(6)15-16-34-28-10-7-21(2)17-22(28)3/h7-10,17-20H,11-16H2,1-6H3. The third kappa shape index (κ3) is 5.35. The molecule has 0 radical (unpaired) electrons. The van der Waals surface area contributed by atoms with Crippen LogP contribution in [0.1, 0.15) is 42.1 Å². The highest BCUT2D eigenvalue weighted by Crippen LogP contribution is 2.36. The molecule has 34 heavy (non-hydrogen) atoms. The van der Waals surface area contributed by atoms with Crippen LogP contribution in [0.15, 0.2) is 42.7 Å². The Balaban J connectivity index is 1.46. The van der Waals surface area contributed by atoms with E-state index in [1.807, 2.05) is 12.4 Å². The minimum absolute atomic E-state index is 0.626. The van der Waals surface area contributed by atoms with E-state index in [0.717, 1.165) is 53.9 Å². The van der Waals surface area contributed by atoms with Crippen LogP contribution in [0.4, 0.5) is 11.4 Å². The summed E-state index contributed by atoms with van der Waals surface area (Å²) >= 11 is 0. The number of aryl methyl sites for hydroxylation is 3. The van der Waals surface area contributed by atoms with Gasteiger partial charge in [0.25, 0.3) is 0 Å². The molecule has 1 aliphatic rings. The second-order valence-electron chi connectivity index (χ2n) is 9.84. The van der Waals surface area contributed by atoms with Gasteiger partial charge in [-0.05, 0) is 75.8 Å². The van der Waals surface area contributed by atoms with Crippen molar-refractivity contribution in [3.63, 3.8) is 0 Å². The molecule has 0 atom stereocenters. The summed E-state index contributed by atoms with van der Waals surface area (Å²) in [5, 5.41) is 0. The molecule has 0 unspecified atom stereocenters. The highest BCUT2D eigenvalue weighted by molar-refractivity contribution is 5.79. The molecule has 2 aromatic heterocycles. The van der Waals surface area contributed by atoms with Gasteiger partial charge in [-0.2, -0.15) is 0 Å². The Bertz CT molecular complexity index is 1120. The summed E-state index contributed by atoms with van der Waals surface area (Å²) in [6.45, 7) is 14.4. The number of benzene rings is 1. The lowest BCUT2D eigenvalue weighted by atomic mass is 9.96. The van der Waals surface area contributed by atoms with E-state index in [0.29, 0.717) is 6.61 Å². The van der Waals surface area contributed by atoms with Gasteiger partial charge < -0.3 is 14.5 Å². The van der Waals surface area contributed by atoms with Crippen molar-refractivity contribution < 1.29 is 4.74 Å². The van der Waals surface area contributed by atoms with Crippen molar-refractivity contribution in [1.29, 1.82) is 0 Å². The third-order valence-corrected chi connectivity index (χ3v) is 7.12. The molecular formula is C29H38N4O. The molecule has 3 heterocycles. The summed E-state index contributed by atoms with van der Waals surface area (Å²) in [5.41, 5.74) is 9.28. The first-order valence-corrected chi connectivity index (χ1v) is 12.4. The maximum Gasteiger partial charge on any atom is 0.122 e. The first kappa shape index (κ1) is 24.1. The van der Waals surface area contributed by atoms with Gasteiger partial charge >= 0.3 is 0 Å². The summed E-state index contributed by atoms with van der Waals surface area (Å²) in [5.74, 6) is 1.75. The van der Waals surface area contributed by atoms with E-state index in [1.165, 1.54) is 35.2 Å². The van der Waals surface area contributed by atoms with E-state index in [2.05, 4.69) is 86.8 Å². The maximum atomic E-state index is 6.02. The van der Waals surface area contributed by atoms with E-state index in [1.54, 1.807) is 0 Å². The number of pyridine rings is 2. The summed E-state index contributed by atoms with van der Waals surface area (Å²) in [7, 11) is 2.08. The van der Waals surface area contributed by atoms with E-state index in [-0.39, 0.29) is 0 Å². The molecule has 0 amide bonds. The lowest BCUT2D eigenvalue weighted by Crippen LogP contribution is -2.34. The monoisotopic (exact) mass is 458 g/mol. The van der Waals surface area contributed by atoms with Crippen LogP contribution in [0.5, 0.6) is 5.75 Å². The lowest BCUT2D eigenvalue weighted by molar-refractivity contribution is 0.323. The van der Waals surface area contributed by atoms with Gasteiger partial charge in [0.1, 0.15) is 12.4 Å². The fraction of sp³-hybridized carbons (Fsp3) is 0.448. The van der Waals surface area contributed by atoms with Crippen LogP contribution in [-0.4, -0.2) is 43.3 Å². The first-order valence-electron chi connectivity index (χ1n) is 12.4. The van der Waals surface area contributed by atoms with E-state index in [4.69, 9.17) is 9.72 Å². The summed E-state index contributed by atoms with van der Waals surface area (Å²) in [4.78, 5) is 14.2. The molecule has 4 rings (SSSR count). The molecule has 0 spiro atoms. The molecule has 0 saturated carbocycles. The Morgan fingerprint density at radius 3 is 2.44 bits per heavy atom. The fourth-order valence-corrected chi connectivity index (χ4v) is 4.67. The van der Waals surface area contributed by atoms with E-state index in [9.17, 15) is 0 Å². The van der Waals surface area contributed by atoms with Crippen LogP contribution < -0.4 is 14.5 Å². The van der Waals surface area contributed by atoms with Crippen molar-refractivity contribution in [3.8, 4) is 17.0 Å². The van der Waals surface area contributed by atoms with Crippen molar-refractivity contribution in [1.82, 2.24) is 9.97 Å². The molecule has 1 saturated heterocycles. The van der Waals surface area contributed by atoms with Gasteiger partial charge in [0.2, 0.25) is 0 Å². The average Bonchev–Trinajstić information content (AvgIpc) is 2.83. The Kier molecular flexibility index (Phi) is 7.40. The van der Waals surface area contributed by atoms with Crippen molar-refractivity contribution in [2.75, 3.05) is 43.1 Å². The number of likely N-dealkylation sites (N-methyl/N-ethyl adjacent to an activating group) is 1. The quantitative estimate of drug-likeness (QED) is 0.426. The summed E-state index contributed by atoms with van der Waals surface area (Å²) in [6, 6.07) is 10.6. The van der Waals surface area contributed by atoms with Crippen LogP contribution in [0.25, 0.3) is 11.3 Å². The molecule has 5 nitrogen and oxygen atoms in total. The topological polar surface area (TPSA) is 41.5 Å². The zero-order valence-electron chi connectivity index (χ0n) is 21.6. The molecule has 0 N–H and O–H groups in total. The molecule has 1 aromatic carbocycles. The van der Waals surface area contributed by atoms with Crippen LogP contribution >= 0.6 is 0 Å². The number of aromatic nitrogens is 2. The molecule has 1 aliphatic heterocycles. The van der Waals surface area contributed by atoms with Gasteiger partial charge in [-0.1, -0.05) is 24.6 Å². The van der Waals surface area contributed by atoms with Crippen molar-refractivity contribution in [2.45, 2.75) is 47.5 Å². The minimum Gasteiger partial charge on any atom is -0.491 e.